The lowest BCUT2D eigenvalue weighted by Crippen LogP contribution is -2.42. The minimum Gasteiger partial charge on any atom is -0.481 e. The number of urea groups is 1. The third-order valence-electron chi connectivity index (χ3n) is 7.27. The Hall–Kier alpha value is -3.92. The average molecular weight is 579 g/mol. The van der Waals surface area contributed by atoms with E-state index in [0.29, 0.717) is 36.7 Å². The van der Waals surface area contributed by atoms with E-state index >= 15 is 0 Å². The summed E-state index contributed by atoms with van der Waals surface area (Å²) in [7, 11) is 0. The van der Waals surface area contributed by atoms with Crippen molar-refractivity contribution in [2.24, 2.45) is 5.73 Å². The molecule has 0 saturated carbocycles. The Labute approximate surface area is 244 Å². The molecular formula is C31H35ClN4O5. The molecule has 0 atom stereocenters. The van der Waals surface area contributed by atoms with Crippen molar-refractivity contribution in [2.45, 2.75) is 44.8 Å². The van der Waals surface area contributed by atoms with Gasteiger partial charge in [-0.3, -0.25) is 4.79 Å². The van der Waals surface area contributed by atoms with Gasteiger partial charge in [-0.25, -0.2) is 9.78 Å². The number of carboxylic acids is 1. The van der Waals surface area contributed by atoms with Crippen molar-refractivity contribution in [2.75, 3.05) is 19.6 Å². The van der Waals surface area contributed by atoms with E-state index in [1.165, 1.54) is 0 Å². The van der Waals surface area contributed by atoms with Crippen LogP contribution in [0.3, 0.4) is 0 Å². The molecule has 1 fully saturated rings. The Morgan fingerprint density at radius 3 is 2.54 bits per heavy atom. The number of nitrogens with two attached hydrogens (primary N) is 1. The molecule has 3 aromatic rings. The summed E-state index contributed by atoms with van der Waals surface area (Å²) in [5.74, 6) is 0.489. The van der Waals surface area contributed by atoms with Crippen LogP contribution in [-0.2, 0) is 23.4 Å². The summed E-state index contributed by atoms with van der Waals surface area (Å²) in [5, 5.41) is 22.0. The fraction of sp³-hybridized carbons (Fsp3) is 0.323. The number of amides is 2. The van der Waals surface area contributed by atoms with Gasteiger partial charge in [0.2, 0.25) is 5.88 Å². The number of likely N-dealkylation sites (tertiary alicyclic amines) is 1. The van der Waals surface area contributed by atoms with Crippen molar-refractivity contribution in [1.29, 1.82) is 0 Å². The third-order valence-corrected chi connectivity index (χ3v) is 7.53. The Balaban J connectivity index is 0.000000909. The highest BCUT2D eigenvalue weighted by atomic mass is 35.5. The lowest BCUT2D eigenvalue weighted by Gasteiger charge is -2.38. The van der Waals surface area contributed by atoms with E-state index in [0.717, 1.165) is 66.6 Å². The topological polar surface area (TPSA) is 138 Å². The standard InChI is InChI=1S/C29H31ClN4O3.C2H4O2/c30-23-10-8-22(9-11-23)29(36)12-16-34(17-13-29)15-3-5-20-18-25-21(19-33-28(31)35)4-1-7-26(25)37-27-24(20)6-2-14-32-27;1-2(3)4/h1-2,4-11,14,36H,3,12-13,15-19H2,(H3,31,33,35);1H3,(H,3,4). The molecule has 1 saturated heterocycles. The minimum atomic E-state index is -0.833. The number of hydrogen-bond donors (Lipinski definition) is 4. The number of ether oxygens (including phenoxy) is 1. The number of carboxylic acid groups (broad SMARTS) is 1. The van der Waals surface area contributed by atoms with Crippen molar-refractivity contribution >= 4 is 29.2 Å². The SMILES string of the molecule is CC(=O)O.NC(=O)NCc1cccc2c1CC(=CCCN1CCC(O)(c3ccc(Cl)cc3)CC1)c1cccnc1O2. The van der Waals surface area contributed by atoms with E-state index < -0.39 is 17.6 Å². The predicted octanol–water partition coefficient (Wildman–Crippen LogP) is 5.10. The molecule has 2 aromatic carbocycles. The Morgan fingerprint density at radius 2 is 1.85 bits per heavy atom. The minimum absolute atomic E-state index is 0.337. The number of nitrogens with one attached hydrogen (secondary N) is 1. The smallest absolute Gasteiger partial charge is 0.312 e. The molecule has 9 nitrogen and oxygen atoms in total. The molecule has 216 valence electrons. The number of aliphatic carboxylic acids is 1. The summed E-state index contributed by atoms with van der Waals surface area (Å²) in [6.07, 6.45) is 6.90. The van der Waals surface area contributed by atoms with E-state index in [4.69, 9.17) is 32.0 Å². The second-order valence-electron chi connectivity index (χ2n) is 10.2. The molecule has 0 bridgehead atoms. The molecule has 2 aliphatic heterocycles. The Bertz CT molecular complexity index is 1400. The number of carbonyl (C=O) groups is 2. The zero-order valence-corrected chi connectivity index (χ0v) is 23.7. The van der Waals surface area contributed by atoms with Gasteiger partial charge in [-0.15, -0.1) is 0 Å². The molecule has 10 heteroatoms. The maximum absolute atomic E-state index is 11.3. The number of carbonyl (C=O) groups excluding carboxylic acids is 1. The monoisotopic (exact) mass is 578 g/mol. The fourth-order valence-corrected chi connectivity index (χ4v) is 5.29. The lowest BCUT2D eigenvalue weighted by atomic mass is 9.84. The molecule has 3 heterocycles. The van der Waals surface area contributed by atoms with Crippen LogP contribution in [0.4, 0.5) is 4.79 Å². The van der Waals surface area contributed by atoms with Crippen LogP contribution in [-0.4, -0.2) is 51.7 Å². The van der Waals surface area contributed by atoms with Gasteiger partial charge in [-0.05, 0) is 66.3 Å². The number of aromatic nitrogens is 1. The summed E-state index contributed by atoms with van der Waals surface area (Å²) >= 11 is 6.02. The number of allylic oxidation sites excluding steroid dienone is 1. The van der Waals surface area contributed by atoms with E-state index in [2.05, 4.69) is 21.3 Å². The number of rotatable bonds is 6. The average Bonchev–Trinajstić information content (AvgIpc) is 3.10. The van der Waals surface area contributed by atoms with E-state index in [9.17, 15) is 9.90 Å². The molecule has 0 unspecified atom stereocenters. The number of primary amides is 1. The van der Waals surface area contributed by atoms with Gasteiger partial charge < -0.3 is 30.9 Å². The van der Waals surface area contributed by atoms with Crippen LogP contribution in [0.15, 0.2) is 66.9 Å². The zero-order chi connectivity index (χ0) is 29.4. The van der Waals surface area contributed by atoms with Crippen LogP contribution in [0.1, 0.15) is 48.4 Å². The van der Waals surface area contributed by atoms with Gasteiger partial charge in [0, 0.05) is 61.9 Å². The summed E-state index contributed by atoms with van der Waals surface area (Å²) < 4.78 is 6.21. The van der Waals surface area contributed by atoms with Gasteiger partial charge in [0.1, 0.15) is 5.75 Å². The molecule has 41 heavy (non-hydrogen) atoms. The first-order valence-electron chi connectivity index (χ1n) is 13.5. The van der Waals surface area contributed by atoms with Crippen LogP contribution < -0.4 is 15.8 Å². The molecular weight excluding hydrogens is 544 g/mol. The maximum Gasteiger partial charge on any atom is 0.312 e. The third kappa shape index (κ3) is 8.07. The number of nitrogens with zero attached hydrogens (tertiary/aromatic N) is 2. The Kier molecular flexibility index (Phi) is 9.99. The summed E-state index contributed by atoms with van der Waals surface area (Å²) in [5.41, 5.74) is 9.54. The summed E-state index contributed by atoms with van der Waals surface area (Å²) in [6, 6.07) is 16.7. The number of benzene rings is 2. The second-order valence-corrected chi connectivity index (χ2v) is 10.6. The highest BCUT2D eigenvalue weighted by Crippen LogP contribution is 2.39. The number of halogens is 1. The number of hydrogen-bond acceptors (Lipinski definition) is 6. The molecule has 0 spiro atoms. The van der Waals surface area contributed by atoms with Gasteiger partial charge in [0.05, 0.1) is 5.60 Å². The highest BCUT2D eigenvalue weighted by Gasteiger charge is 2.33. The van der Waals surface area contributed by atoms with Gasteiger partial charge in [-0.1, -0.05) is 41.9 Å². The molecule has 2 amide bonds. The van der Waals surface area contributed by atoms with Crippen LogP contribution >= 0.6 is 11.6 Å². The molecule has 5 N–H and O–H groups in total. The van der Waals surface area contributed by atoms with E-state index in [1.807, 2.05) is 54.6 Å². The first-order valence-corrected chi connectivity index (χ1v) is 13.9. The number of aliphatic hydroxyl groups is 1. The quantitative estimate of drug-likeness (QED) is 0.319. The van der Waals surface area contributed by atoms with Crippen molar-refractivity contribution < 1.29 is 24.5 Å². The van der Waals surface area contributed by atoms with Crippen LogP contribution in [0.2, 0.25) is 5.02 Å². The van der Waals surface area contributed by atoms with Crippen molar-refractivity contribution in [1.82, 2.24) is 15.2 Å². The highest BCUT2D eigenvalue weighted by molar-refractivity contribution is 6.30. The Morgan fingerprint density at radius 1 is 1.15 bits per heavy atom. The van der Waals surface area contributed by atoms with Crippen LogP contribution in [0.5, 0.6) is 11.6 Å². The number of pyridine rings is 1. The zero-order valence-electron chi connectivity index (χ0n) is 23.0. The molecule has 0 radical (unpaired) electrons. The van der Waals surface area contributed by atoms with Gasteiger partial charge >= 0.3 is 6.03 Å². The predicted molar refractivity (Wildman–Crippen MR) is 158 cm³/mol. The number of fused-ring (bicyclic) bond motifs is 2. The summed E-state index contributed by atoms with van der Waals surface area (Å²) in [4.78, 5) is 27.2. The van der Waals surface area contributed by atoms with Gasteiger partial charge in [0.25, 0.3) is 5.97 Å². The van der Waals surface area contributed by atoms with Crippen LogP contribution in [0, 0.1) is 0 Å². The fourth-order valence-electron chi connectivity index (χ4n) is 5.16. The normalized spacial score (nSPS) is 16.7. The second kappa shape index (κ2) is 13.6. The largest absolute Gasteiger partial charge is 0.481 e. The molecule has 0 aliphatic carbocycles. The molecule has 5 rings (SSSR count). The molecule has 2 aliphatic rings. The van der Waals surface area contributed by atoms with Crippen molar-refractivity contribution in [3.05, 3.63) is 94.1 Å². The van der Waals surface area contributed by atoms with Crippen molar-refractivity contribution in [3.8, 4) is 11.6 Å². The van der Waals surface area contributed by atoms with Gasteiger partial charge in [0.15, 0.2) is 0 Å². The van der Waals surface area contributed by atoms with E-state index in [-0.39, 0.29) is 0 Å². The van der Waals surface area contributed by atoms with Crippen LogP contribution in [0.25, 0.3) is 5.57 Å². The summed E-state index contributed by atoms with van der Waals surface area (Å²) in [6.45, 7) is 3.97. The number of piperidine rings is 1. The first kappa shape index (κ1) is 30.0. The molecule has 1 aromatic heterocycles. The van der Waals surface area contributed by atoms with Gasteiger partial charge in [-0.2, -0.15) is 0 Å². The lowest BCUT2D eigenvalue weighted by molar-refractivity contribution is -0.134. The van der Waals surface area contributed by atoms with Crippen molar-refractivity contribution in [3.63, 3.8) is 0 Å². The maximum atomic E-state index is 11.3. The first-order chi connectivity index (χ1) is 19.6. The van der Waals surface area contributed by atoms with E-state index in [1.54, 1.807) is 6.20 Å².